The van der Waals surface area contributed by atoms with E-state index in [1.54, 1.807) is 0 Å². The minimum Gasteiger partial charge on any atom is -0.450 e. The molecule has 0 radical (unpaired) electrons. The molecule has 0 unspecified atom stereocenters. The van der Waals surface area contributed by atoms with Crippen LogP contribution in [0.1, 0.15) is 109 Å². The van der Waals surface area contributed by atoms with Gasteiger partial charge < -0.3 is 20.9 Å². The molecule has 0 aliphatic carbocycles. The van der Waals surface area contributed by atoms with E-state index >= 15 is 0 Å². The topological polar surface area (TPSA) is 105 Å². The molecule has 0 aromatic carbocycles. The van der Waals surface area contributed by atoms with Crippen LogP contribution >= 0.6 is 0 Å². The van der Waals surface area contributed by atoms with Crippen molar-refractivity contribution < 1.29 is 19.1 Å². The van der Waals surface area contributed by atoms with Crippen molar-refractivity contribution in [1.29, 1.82) is 0 Å². The van der Waals surface area contributed by atoms with E-state index in [9.17, 15) is 9.59 Å². The molecule has 160 valence electrons. The second kappa shape index (κ2) is 20.8. The highest BCUT2D eigenvalue weighted by atomic mass is 16.5. The summed E-state index contributed by atoms with van der Waals surface area (Å²) in [7, 11) is 0. The fraction of sp³-hybridized carbons (Fsp3) is 0.905. The first-order valence-electron chi connectivity index (χ1n) is 11.0. The molecule has 0 bridgehead atoms. The van der Waals surface area contributed by atoms with Gasteiger partial charge in [0, 0.05) is 0 Å². The zero-order valence-electron chi connectivity index (χ0n) is 17.2. The van der Waals surface area contributed by atoms with Gasteiger partial charge in [0.15, 0.2) is 0 Å². The SMILES string of the molecule is NC(=O)OCCCCCCCCCCCCCCCCCCCOC(N)=O. The summed E-state index contributed by atoms with van der Waals surface area (Å²) in [5.74, 6) is 0. The van der Waals surface area contributed by atoms with Crippen molar-refractivity contribution in [3.05, 3.63) is 0 Å². The predicted molar refractivity (Wildman–Crippen MR) is 110 cm³/mol. The average Bonchev–Trinajstić information content (AvgIpc) is 2.62. The Kier molecular flexibility index (Phi) is 19.7. The zero-order valence-corrected chi connectivity index (χ0v) is 17.2. The van der Waals surface area contributed by atoms with Gasteiger partial charge in [0.1, 0.15) is 0 Å². The second-order valence-electron chi connectivity index (χ2n) is 7.35. The standard InChI is InChI=1S/C21H42N2O4/c22-20(24)26-18-16-14-12-10-8-6-4-2-1-3-5-7-9-11-13-15-17-19-27-21(23)25/h1-19H2,(H2,22,24)(H2,23,25). The van der Waals surface area contributed by atoms with Crippen LogP contribution in [0.3, 0.4) is 0 Å². The van der Waals surface area contributed by atoms with Gasteiger partial charge in [-0.25, -0.2) is 9.59 Å². The first-order valence-corrected chi connectivity index (χ1v) is 11.0. The predicted octanol–water partition coefficient (Wildman–Crippen LogP) is 5.81. The van der Waals surface area contributed by atoms with E-state index in [0.717, 1.165) is 25.7 Å². The molecule has 0 heterocycles. The highest BCUT2D eigenvalue weighted by Crippen LogP contribution is 2.14. The van der Waals surface area contributed by atoms with Crippen LogP contribution in [0.5, 0.6) is 0 Å². The third kappa shape index (κ3) is 24.5. The lowest BCUT2D eigenvalue weighted by molar-refractivity contribution is 0.153. The van der Waals surface area contributed by atoms with E-state index in [0.29, 0.717) is 13.2 Å². The molecular formula is C21H42N2O4. The molecule has 0 rings (SSSR count). The van der Waals surface area contributed by atoms with Crippen LogP contribution in [0.2, 0.25) is 0 Å². The molecule has 2 amide bonds. The molecule has 0 saturated carbocycles. The fourth-order valence-corrected chi connectivity index (χ4v) is 3.20. The van der Waals surface area contributed by atoms with Crippen LogP contribution in [0, 0.1) is 0 Å². The number of hydrogen-bond acceptors (Lipinski definition) is 4. The van der Waals surface area contributed by atoms with Gasteiger partial charge in [0.05, 0.1) is 13.2 Å². The Morgan fingerprint density at radius 2 is 0.593 bits per heavy atom. The molecule has 0 aromatic rings. The summed E-state index contributed by atoms with van der Waals surface area (Å²) < 4.78 is 9.40. The molecule has 4 N–H and O–H groups in total. The Morgan fingerprint density at radius 3 is 0.778 bits per heavy atom. The van der Waals surface area contributed by atoms with Gasteiger partial charge in [-0.1, -0.05) is 96.3 Å². The Hall–Kier alpha value is -1.46. The van der Waals surface area contributed by atoms with Crippen molar-refractivity contribution in [3.63, 3.8) is 0 Å². The number of amides is 2. The van der Waals surface area contributed by atoms with Gasteiger partial charge in [-0.2, -0.15) is 0 Å². The summed E-state index contributed by atoms with van der Waals surface area (Å²) in [5, 5.41) is 0. The number of carbonyl (C=O) groups is 2. The van der Waals surface area contributed by atoms with Crippen molar-refractivity contribution in [2.24, 2.45) is 11.5 Å². The highest BCUT2D eigenvalue weighted by molar-refractivity contribution is 5.64. The van der Waals surface area contributed by atoms with Crippen LogP contribution in [0.4, 0.5) is 9.59 Å². The Morgan fingerprint density at radius 1 is 0.407 bits per heavy atom. The maximum atomic E-state index is 10.4. The number of unbranched alkanes of at least 4 members (excludes halogenated alkanes) is 16. The second-order valence-corrected chi connectivity index (χ2v) is 7.35. The summed E-state index contributed by atoms with van der Waals surface area (Å²) in [6, 6.07) is 0. The third-order valence-electron chi connectivity index (χ3n) is 4.78. The van der Waals surface area contributed by atoms with Gasteiger partial charge in [-0.15, -0.1) is 0 Å². The summed E-state index contributed by atoms with van der Waals surface area (Å²) in [4.78, 5) is 20.8. The molecule has 0 aliphatic heterocycles. The van der Waals surface area contributed by atoms with E-state index in [1.807, 2.05) is 0 Å². The molecule has 0 aromatic heterocycles. The van der Waals surface area contributed by atoms with Gasteiger partial charge in [0.2, 0.25) is 0 Å². The van der Waals surface area contributed by atoms with Crippen LogP contribution in [0.25, 0.3) is 0 Å². The van der Waals surface area contributed by atoms with Crippen molar-refractivity contribution in [1.82, 2.24) is 0 Å². The molecule has 0 atom stereocenters. The van der Waals surface area contributed by atoms with E-state index in [2.05, 4.69) is 0 Å². The van der Waals surface area contributed by atoms with Crippen LogP contribution in [-0.4, -0.2) is 25.4 Å². The van der Waals surface area contributed by atoms with E-state index in [-0.39, 0.29) is 0 Å². The lowest BCUT2D eigenvalue weighted by Crippen LogP contribution is -2.13. The van der Waals surface area contributed by atoms with Crippen LogP contribution in [0.15, 0.2) is 0 Å². The maximum absolute atomic E-state index is 10.4. The molecule has 6 nitrogen and oxygen atoms in total. The van der Waals surface area contributed by atoms with Gasteiger partial charge in [-0.05, 0) is 12.8 Å². The number of carbonyl (C=O) groups excluding carboxylic acids is 2. The minimum atomic E-state index is -0.667. The third-order valence-corrected chi connectivity index (χ3v) is 4.78. The minimum absolute atomic E-state index is 0.460. The first kappa shape index (κ1) is 25.5. The molecule has 0 aliphatic rings. The molecule has 0 saturated heterocycles. The van der Waals surface area contributed by atoms with E-state index in [1.165, 1.54) is 83.5 Å². The monoisotopic (exact) mass is 386 g/mol. The maximum Gasteiger partial charge on any atom is 0.404 e. The summed E-state index contributed by atoms with van der Waals surface area (Å²) in [6.45, 7) is 0.919. The van der Waals surface area contributed by atoms with Gasteiger partial charge in [0.25, 0.3) is 0 Å². The number of ether oxygens (including phenoxy) is 2. The van der Waals surface area contributed by atoms with Crippen molar-refractivity contribution >= 4 is 12.2 Å². The Labute approximate surface area is 165 Å². The molecule has 0 fully saturated rings. The fourth-order valence-electron chi connectivity index (χ4n) is 3.20. The summed E-state index contributed by atoms with van der Waals surface area (Å²) in [5.41, 5.74) is 9.81. The van der Waals surface area contributed by atoms with Gasteiger partial charge in [-0.3, -0.25) is 0 Å². The van der Waals surface area contributed by atoms with E-state index < -0.39 is 12.2 Å². The molecule has 6 heteroatoms. The van der Waals surface area contributed by atoms with Crippen LogP contribution in [-0.2, 0) is 9.47 Å². The first-order chi connectivity index (χ1) is 13.1. The van der Waals surface area contributed by atoms with Crippen LogP contribution < -0.4 is 11.5 Å². The molecule has 27 heavy (non-hydrogen) atoms. The normalized spacial score (nSPS) is 10.7. The highest BCUT2D eigenvalue weighted by Gasteiger charge is 1.97. The quantitative estimate of drug-likeness (QED) is 0.258. The Balaban J connectivity index is 3.01. The number of rotatable bonds is 20. The van der Waals surface area contributed by atoms with Crippen molar-refractivity contribution in [2.75, 3.05) is 13.2 Å². The summed E-state index contributed by atoms with van der Waals surface area (Å²) >= 11 is 0. The number of hydrogen-bond donors (Lipinski definition) is 2. The van der Waals surface area contributed by atoms with Crippen molar-refractivity contribution in [2.45, 2.75) is 109 Å². The molecular weight excluding hydrogens is 344 g/mol. The number of primary amides is 2. The summed E-state index contributed by atoms with van der Waals surface area (Å²) in [6.07, 6.45) is 19.9. The average molecular weight is 387 g/mol. The smallest absolute Gasteiger partial charge is 0.404 e. The largest absolute Gasteiger partial charge is 0.450 e. The Bertz CT molecular complexity index is 319. The molecule has 0 spiro atoms. The lowest BCUT2D eigenvalue weighted by atomic mass is 10.0. The van der Waals surface area contributed by atoms with Gasteiger partial charge >= 0.3 is 12.2 Å². The number of nitrogens with two attached hydrogens (primary N) is 2. The van der Waals surface area contributed by atoms with Crippen molar-refractivity contribution in [3.8, 4) is 0 Å². The van der Waals surface area contributed by atoms with E-state index in [4.69, 9.17) is 20.9 Å². The lowest BCUT2D eigenvalue weighted by Gasteiger charge is -2.04. The zero-order chi connectivity index (χ0) is 20.0.